The number of nitrogens with zero attached hydrogens (tertiary/aromatic N) is 3. The van der Waals surface area contributed by atoms with Gasteiger partial charge in [0.25, 0.3) is 0 Å². The molecule has 0 spiro atoms. The van der Waals surface area contributed by atoms with Crippen molar-refractivity contribution in [2.45, 2.75) is 85.2 Å². The molecule has 0 unspecified atom stereocenters. The number of hydrazone groups is 1. The number of nitro groups is 1. The Morgan fingerprint density at radius 3 is 2.08 bits per heavy atom. The number of hydrogen-bond donors (Lipinski definition) is 2. The highest BCUT2D eigenvalue weighted by Crippen LogP contribution is 2.40. The first-order valence-corrected chi connectivity index (χ1v) is 15.7. The number of nitrogens with one attached hydrogen (secondary N) is 1. The van der Waals surface area contributed by atoms with Crippen LogP contribution in [0.4, 0.5) is 18.9 Å². The van der Waals surface area contributed by atoms with Crippen molar-refractivity contribution in [2.75, 3.05) is 0 Å². The van der Waals surface area contributed by atoms with Crippen molar-refractivity contribution in [1.29, 1.82) is 0 Å². The Morgan fingerprint density at radius 2 is 1.55 bits per heavy atom. The van der Waals surface area contributed by atoms with Crippen molar-refractivity contribution in [1.82, 2.24) is 9.99 Å². The fourth-order valence-electron chi connectivity index (χ4n) is 5.50. The highest BCUT2D eigenvalue weighted by Gasteiger charge is 2.33. The van der Waals surface area contributed by atoms with Gasteiger partial charge in [-0.25, -0.2) is 5.43 Å². The second-order valence-corrected chi connectivity index (χ2v) is 14.0. The minimum atomic E-state index is -4.73. The van der Waals surface area contributed by atoms with E-state index in [-0.39, 0.29) is 34.7 Å². The quantitative estimate of drug-likeness (QED) is 0.104. The lowest BCUT2D eigenvalue weighted by atomic mass is 9.78. The summed E-state index contributed by atoms with van der Waals surface area (Å²) in [4.78, 5) is 23.2. The molecular formula is C37H41F3N4O5. The second kappa shape index (κ2) is 13.8. The van der Waals surface area contributed by atoms with Crippen molar-refractivity contribution in [3.05, 3.63) is 110 Å². The number of carbonyl (C=O) groups is 1. The van der Waals surface area contributed by atoms with Crippen LogP contribution in [0.2, 0.25) is 0 Å². The SMILES string of the molecule is Cc1cc(/C=N\NC(=O)CCc2cc(C(C)(C)C)c(O)c(C(C)(C)C)c2)c(C)n1-c1ccc(Oc2ccc(C(F)(F)F)cc2[N+](=O)[O-])cc1. The molecule has 0 saturated heterocycles. The molecule has 4 rings (SSSR count). The number of ether oxygens (including phenoxy) is 1. The number of carbonyl (C=O) groups excluding carboxylic acids is 1. The fraction of sp³-hybridized carbons (Fsp3) is 0.351. The van der Waals surface area contributed by atoms with Gasteiger partial charge in [0.2, 0.25) is 11.7 Å². The Labute approximate surface area is 283 Å². The first kappa shape index (κ1) is 36.7. The van der Waals surface area contributed by atoms with E-state index in [4.69, 9.17) is 4.74 Å². The Hall–Kier alpha value is -5.13. The molecule has 0 aliphatic rings. The number of aromatic nitrogens is 1. The Balaban J connectivity index is 1.43. The number of amides is 1. The summed E-state index contributed by atoms with van der Waals surface area (Å²) in [6, 6.07) is 14.5. The van der Waals surface area contributed by atoms with Gasteiger partial charge in [0.15, 0.2) is 0 Å². The number of phenols is 1. The van der Waals surface area contributed by atoms with Crippen molar-refractivity contribution >= 4 is 17.8 Å². The lowest BCUT2D eigenvalue weighted by Crippen LogP contribution is -2.20. The van der Waals surface area contributed by atoms with Crippen LogP contribution in [0.3, 0.4) is 0 Å². The average molecular weight is 679 g/mol. The molecule has 1 amide bonds. The van der Waals surface area contributed by atoms with E-state index in [1.165, 1.54) is 0 Å². The maximum atomic E-state index is 13.1. The first-order valence-electron chi connectivity index (χ1n) is 15.7. The maximum Gasteiger partial charge on any atom is 0.416 e. The van der Waals surface area contributed by atoms with Crippen molar-refractivity contribution < 1.29 is 32.7 Å². The third-order valence-electron chi connectivity index (χ3n) is 8.10. The van der Waals surface area contributed by atoms with E-state index < -0.39 is 22.4 Å². The zero-order valence-electron chi connectivity index (χ0n) is 28.8. The molecule has 0 fully saturated rings. The predicted octanol–water partition coefficient (Wildman–Crippen LogP) is 9.20. The van der Waals surface area contributed by atoms with Crippen molar-refractivity contribution in [2.24, 2.45) is 5.10 Å². The number of benzene rings is 3. The van der Waals surface area contributed by atoms with Crippen LogP contribution in [0.1, 0.15) is 87.2 Å². The molecule has 1 heterocycles. The molecule has 12 heteroatoms. The third-order valence-corrected chi connectivity index (χ3v) is 8.10. The molecule has 0 bridgehead atoms. The number of phenolic OH excluding ortho intramolecular Hbond substituents is 1. The lowest BCUT2D eigenvalue weighted by molar-refractivity contribution is -0.385. The summed E-state index contributed by atoms with van der Waals surface area (Å²) in [5, 5.41) is 26.6. The van der Waals surface area contributed by atoms with Crippen molar-refractivity contribution in [3.63, 3.8) is 0 Å². The molecule has 4 aromatic rings. The van der Waals surface area contributed by atoms with Crippen LogP contribution in [0.15, 0.2) is 65.8 Å². The van der Waals surface area contributed by atoms with Gasteiger partial charge >= 0.3 is 11.9 Å². The molecule has 0 radical (unpaired) electrons. The van der Waals surface area contributed by atoms with E-state index in [0.717, 1.165) is 51.5 Å². The molecule has 2 N–H and O–H groups in total. The van der Waals surface area contributed by atoms with Gasteiger partial charge in [-0.15, -0.1) is 0 Å². The summed E-state index contributed by atoms with van der Waals surface area (Å²) >= 11 is 0. The number of alkyl halides is 3. The molecule has 0 aliphatic heterocycles. The lowest BCUT2D eigenvalue weighted by Gasteiger charge is -2.28. The highest BCUT2D eigenvalue weighted by atomic mass is 19.4. The largest absolute Gasteiger partial charge is 0.507 e. The fourth-order valence-corrected chi connectivity index (χ4v) is 5.50. The number of halogens is 3. The minimum absolute atomic E-state index is 0.204. The van der Waals surface area contributed by atoms with Crippen LogP contribution in [-0.4, -0.2) is 26.7 Å². The van der Waals surface area contributed by atoms with Crippen LogP contribution < -0.4 is 10.2 Å². The molecule has 49 heavy (non-hydrogen) atoms. The molecule has 1 aromatic heterocycles. The van der Waals surface area contributed by atoms with E-state index >= 15 is 0 Å². The second-order valence-electron chi connectivity index (χ2n) is 14.0. The summed E-state index contributed by atoms with van der Waals surface area (Å²) < 4.78 is 46.7. The molecule has 3 aromatic carbocycles. The number of hydrogen-bond acceptors (Lipinski definition) is 6. The molecular weight excluding hydrogens is 637 g/mol. The normalized spacial score (nSPS) is 12.4. The van der Waals surface area contributed by atoms with Crippen LogP contribution in [-0.2, 0) is 28.2 Å². The van der Waals surface area contributed by atoms with Gasteiger partial charge in [0.1, 0.15) is 11.5 Å². The molecule has 9 nitrogen and oxygen atoms in total. The Bertz CT molecular complexity index is 1860. The third kappa shape index (κ3) is 8.67. The molecule has 260 valence electrons. The standard InChI is InChI=1S/C37H41F3N4O5/c1-22-17-25(21-41-42-33(45)16-9-24-18-29(35(3,4)5)34(46)30(19-24)36(6,7)8)23(2)43(22)27-11-13-28(14-12-27)49-32-15-10-26(37(38,39)40)20-31(32)44(47)48/h10-15,17-21,46H,9,16H2,1-8H3,(H,42,45)/b41-21-. The smallest absolute Gasteiger partial charge is 0.416 e. The maximum absolute atomic E-state index is 13.1. The summed E-state index contributed by atoms with van der Waals surface area (Å²) in [5.41, 5.74) is 5.97. The monoisotopic (exact) mass is 678 g/mol. The summed E-state index contributed by atoms with van der Waals surface area (Å²) in [5.74, 6) is -0.0668. The molecule has 0 atom stereocenters. The molecule has 0 aliphatic carbocycles. The number of rotatable bonds is 9. The number of nitro benzene ring substituents is 1. The minimum Gasteiger partial charge on any atom is -0.507 e. The topological polar surface area (TPSA) is 119 Å². The van der Waals surface area contributed by atoms with E-state index in [2.05, 4.69) is 10.5 Å². The van der Waals surface area contributed by atoms with Crippen LogP contribution >= 0.6 is 0 Å². The van der Waals surface area contributed by atoms with E-state index in [9.17, 15) is 33.2 Å². The van der Waals surface area contributed by atoms with Gasteiger partial charge in [0, 0.05) is 35.1 Å². The average Bonchev–Trinajstić information content (AvgIpc) is 3.27. The highest BCUT2D eigenvalue weighted by molar-refractivity contribution is 5.84. The number of aryl methyl sites for hydroxylation is 2. The predicted molar refractivity (Wildman–Crippen MR) is 183 cm³/mol. The van der Waals surface area contributed by atoms with E-state index in [0.29, 0.717) is 18.2 Å². The Kier molecular flexibility index (Phi) is 10.3. The van der Waals surface area contributed by atoms with Crippen LogP contribution in [0, 0.1) is 24.0 Å². The van der Waals surface area contributed by atoms with Gasteiger partial charge < -0.3 is 14.4 Å². The zero-order valence-corrected chi connectivity index (χ0v) is 28.8. The molecule has 0 saturated carbocycles. The van der Waals surface area contributed by atoms with Gasteiger partial charge in [-0.3, -0.25) is 14.9 Å². The van der Waals surface area contributed by atoms with Gasteiger partial charge in [-0.05, 0) is 90.3 Å². The number of aromatic hydroxyl groups is 1. The van der Waals surface area contributed by atoms with Gasteiger partial charge in [-0.2, -0.15) is 18.3 Å². The van der Waals surface area contributed by atoms with Gasteiger partial charge in [-0.1, -0.05) is 53.7 Å². The first-order chi connectivity index (χ1) is 22.7. The zero-order chi connectivity index (χ0) is 36.5. The van der Waals surface area contributed by atoms with E-state index in [1.54, 1.807) is 30.5 Å². The van der Waals surface area contributed by atoms with Crippen molar-refractivity contribution in [3.8, 4) is 22.9 Å². The summed E-state index contributed by atoms with van der Waals surface area (Å²) in [6.45, 7) is 16.0. The van der Waals surface area contributed by atoms with E-state index in [1.807, 2.05) is 78.2 Å². The summed E-state index contributed by atoms with van der Waals surface area (Å²) in [7, 11) is 0. The summed E-state index contributed by atoms with van der Waals surface area (Å²) in [6.07, 6.45) is -2.48. The van der Waals surface area contributed by atoms with Gasteiger partial charge in [0.05, 0.1) is 16.7 Å². The van der Waals surface area contributed by atoms with Crippen LogP contribution in [0.25, 0.3) is 5.69 Å². The van der Waals surface area contributed by atoms with Crippen LogP contribution in [0.5, 0.6) is 17.2 Å². The Morgan fingerprint density at radius 1 is 0.959 bits per heavy atom.